The minimum Gasteiger partial charge on any atom is -0.493 e. The van der Waals surface area contributed by atoms with Gasteiger partial charge >= 0.3 is 0 Å². The molecule has 1 saturated carbocycles. The van der Waals surface area contributed by atoms with Gasteiger partial charge in [0.25, 0.3) is 5.91 Å². The molecular formula is C18H29ClN2O3. The molecule has 1 aromatic rings. The van der Waals surface area contributed by atoms with Crippen molar-refractivity contribution in [1.82, 2.24) is 5.32 Å². The van der Waals surface area contributed by atoms with Gasteiger partial charge in [-0.1, -0.05) is 26.7 Å². The van der Waals surface area contributed by atoms with Gasteiger partial charge in [-0.3, -0.25) is 4.79 Å². The Morgan fingerprint density at radius 3 is 2.50 bits per heavy atom. The van der Waals surface area contributed by atoms with Crippen LogP contribution < -0.4 is 20.5 Å². The van der Waals surface area contributed by atoms with Crippen molar-refractivity contribution in [1.29, 1.82) is 0 Å². The fraction of sp³-hybridized carbons (Fsp3) is 0.611. The SMILES string of the molecule is COc1cc(C(=O)NC2(CN)CCCC2)ccc1OCC(C)C.Cl. The lowest BCUT2D eigenvalue weighted by Gasteiger charge is -2.28. The highest BCUT2D eigenvalue weighted by atomic mass is 35.5. The molecule has 1 aromatic carbocycles. The van der Waals surface area contributed by atoms with E-state index in [0.717, 1.165) is 25.7 Å². The molecule has 0 aliphatic heterocycles. The average Bonchev–Trinajstić information content (AvgIpc) is 3.01. The first-order chi connectivity index (χ1) is 11.0. The predicted molar refractivity (Wildman–Crippen MR) is 98.3 cm³/mol. The first-order valence-corrected chi connectivity index (χ1v) is 8.33. The van der Waals surface area contributed by atoms with Gasteiger partial charge in [-0.25, -0.2) is 0 Å². The molecule has 1 aliphatic rings. The Labute approximate surface area is 150 Å². The number of hydrogen-bond donors (Lipinski definition) is 2. The van der Waals surface area contributed by atoms with E-state index < -0.39 is 0 Å². The highest BCUT2D eigenvalue weighted by molar-refractivity contribution is 5.95. The molecule has 0 bridgehead atoms. The van der Waals surface area contributed by atoms with Gasteiger partial charge in [0.15, 0.2) is 11.5 Å². The van der Waals surface area contributed by atoms with Crippen LogP contribution in [0.5, 0.6) is 11.5 Å². The van der Waals surface area contributed by atoms with Crippen molar-refractivity contribution < 1.29 is 14.3 Å². The third kappa shape index (κ3) is 5.02. The van der Waals surface area contributed by atoms with Crippen LogP contribution in [0.2, 0.25) is 0 Å². The molecule has 0 saturated heterocycles. The summed E-state index contributed by atoms with van der Waals surface area (Å²) in [7, 11) is 1.58. The van der Waals surface area contributed by atoms with Gasteiger partial charge in [0.2, 0.25) is 0 Å². The van der Waals surface area contributed by atoms with E-state index in [0.29, 0.717) is 36.1 Å². The van der Waals surface area contributed by atoms with Crippen molar-refractivity contribution in [2.24, 2.45) is 11.7 Å². The quantitative estimate of drug-likeness (QED) is 0.787. The first kappa shape index (κ1) is 20.6. The fourth-order valence-electron chi connectivity index (χ4n) is 2.93. The number of carbonyl (C=O) groups excluding carboxylic acids is 1. The van der Waals surface area contributed by atoms with Crippen molar-refractivity contribution in [2.75, 3.05) is 20.3 Å². The van der Waals surface area contributed by atoms with Crippen molar-refractivity contribution in [3.05, 3.63) is 23.8 Å². The number of ether oxygens (including phenoxy) is 2. The molecule has 0 unspecified atom stereocenters. The average molecular weight is 357 g/mol. The molecule has 1 amide bonds. The summed E-state index contributed by atoms with van der Waals surface area (Å²) in [6, 6.07) is 5.29. The Bertz CT molecular complexity index is 543. The zero-order valence-corrected chi connectivity index (χ0v) is 15.6. The summed E-state index contributed by atoms with van der Waals surface area (Å²) in [5, 5.41) is 3.12. The van der Waals surface area contributed by atoms with Crippen LogP contribution >= 0.6 is 12.4 Å². The lowest BCUT2D eigenvalue weighted by molar-refractivity contribution is 0.0902. The molecule has 0 atom stereocenters. The third-order valence-corrected chi connectivity index (χ3v) is 4.33. The van der Waals surface area contributed by atoms with Crippen LogP contribution in [0.4, 0.5) is 0 Å². The minimum atomic E-state index is -0.253. The summed E-state index contributed by atoms with van der Waals surface area (Å²) in [6.45, 7) is 5.26. The molecule has 1 aliphatic carbocycles. The standard InChI is InChI=1S/C18H28N2O3.ClH/c1-13(2)11-23-15-7-6-14(10-16(15)22-3)17(21)20-18(12-19)8-4-5-9-18;/h6-7,10,13H,4-5,8-9,11-12,19H2,1-3H3,(H,20,21);1H. The summed E-state index contributed by atoms with van der Waals surface area (Å²) in [4.78, 5) is 12.5. The van der Waals surface area contributed by atoms with Gasteiger partial charge in [-0.2, -0.15) is 0 Å². The Balaban J connectivity index is 0.00000288. The van der Waals surface area contributed by atoms with E-state index in [1.165, 1.54) is 0 Å². The molecule has 3 N–H and O–H groups in total. The Hall–Kier alpha value is -1.46. The molecule has 0 aromatic heterocycles. The molecule has 6 heteroatoms. The van der Waals surface area contributed by atoms with E-state index >= 15 is 0 Å². The summed E-state index contributed by atoms with van der Waals surface area (Å²) in [5.41, 5.74) is 6.20. The van der Waals surface area contributed by atoms with E-state index in [4.69, 9.17) is 15.2 Å². The van der Waals surface area contributed by atoms with Crippen LogP contribution in [0.1, 0.15) is 49.9 Å². The number of nitrogens with one attached hydrogen (secondary N) is 1. The summed E-state index contributed by atoms with van der Waals surface area (Å²) >= 11 is 0. The molecule has 136 valence electrons. The largest absolute Gasteiger partial charge is 0.493 e. The van der Waals surface area contributed by atoms with Crippen molar-refractivity contribution in [2.45, 2.75) is 45.1 Å². The molecule has 1 fully saturated rings. The fourth-order valence-corrected chi connectivity index (χ4v) is 2.93. The number of hydrogen-bond acceptors (Lipinski definition) is 4. The lowest BCUT2D eigenvalue weighted by Crippen LogP contribution is -2.51. The molecule has 0 radical (unpaired) electrons. The first-order valence-electron chi connectivity index (χ1n) is 8.33. The summed E-state index contributed by atoms with van der Waals surface area (Å²) in [5.74, 6) is 1.55. The highest BCUT2D eigenvalue weighted by Crippen LogP contribution is 2.31. The van der Waals surface area contributed by atoms with Gasteiger partial charge in [0.1, 0.15) is 0 Å². The molecule has 2 rings (SSSR count). The van der Waals surface area contributed by atoms with Gasteiger partial charge in [-0.05, 0) is 37.0 Å². The van der Waals surface area contributed by atoms with E-state index in [9.17, 15) is 4.79 Å². The van der Waals surface area contributed by atoms with Gasteiger partial charge in [0.05, 0.1) is 19.3 Å². The van der Waals surface area contributed by atoms with Crippen LogP contribution in [0.3, 0.4) is 0 Å². The number of rotatable bonds is 7. The van der Waals surface area contributed by atoms with Gasteiger partial charge < -0.3 is 20.5 Å². The number of nitrogens with two attached hydrogens (primary N) is 1. The van der Waals surface area contributed by atoms with Crippen LogP contribution in [-0.4, -0.2) is 31.7 Å². The predicted octanol–water partition coefficient (Wildman–Crippen LogP) is 3.15. The molecular weight excluding hydrogens is 328 g/mol. The van der Waals surface area contributed by atoms with Gasteiger partial charge in [-0.15, -0.1) is 12.4 Å². The topological polar surface area (TPSA) is 73.6 Å². The third-order valence-electron chi connectivity index (χ3n) is 4.33. The lowest BCUT2D eigenvalue weighted by atomic mass is 9.97. The van der Waals surface area contributed by atoms with E-state index in [1.54, 1.807) is 25.3 Å². The van der Waals surface area contributed by atoms with Crippen LogP contribution in [0, 0.1) is 5.92 Å². The monoisotopic (exact) mass is 356 g/mol. The van der Waals surface area contributed by atoms with Crippen molar-refractivity contribution >= 4 is 18.3 Å². The number of methoxy groups -OCH3 is 1. The maximum Gasteiger partial charge on any atom is 0.251 e. The zero-order valence-electron chi connectivity index (χ0n) is 14.8. The molecule has 0 heterocycles. The Morgan fingerprint density at radius 1 is 1.29 bits per heavy atom. The summed E-state index contributed by atoms with van der Waals surface area (Å²) in [6.07, 6.45) is 4.12. The molecule has 5 nitrogen and oxygen atoms in total. The Kier molecular flexibility index (Phi) is 7.84. The van der Waals surface area contributed by atoms with Crippen LogP contribution in [0.15, 0.2) is 18.2 Å². The van der Waals surface area contributed by atoms with Crippen molar-refractivity contribution in [3.63, 3.8) is 0 Å². The smallest absolute Gasteiger partial charge is 0.251 e. The number of benzene rings is 1. The number of carbonyl (C=O) groups is 1. The maximum absolute atomic E-state index is 12.5. The molecule has 24 heavy (non-hydrogen) atoms. The minimum absolute atomic E-state index is 0. The van der Waals surface area contributed by atoms with E-state index in [2.05, 4.69) is 19.2 Å². The highest BCUT2D eigenvalue weighted by Gasteiger charge is 2.34. The second kappa shape index (κ2) is 9.14. The molecule has 0 spiro atoms. The van der Waals surface area contributed by atoms with Crippen molar-refractivity contribution in [3.8, 4) is 11.5 Å². The summed E-state index contributed by atoms with van der Waals surface area (Å²) < 4.78 is 11.1. The van der Waals surface area contributed by atoms with E-state index in [-0.39, 0.29) is 23.9 Å². The maximum atomic E-state index is 12.5. The van der Waals surface area contributed by atoms with Gasteiger partial charge in [0, 0.05) is 12.1 Å². The second-order valence-electron chi connectivity index (χ2n) is 6.72. The van der Waals surface area contributed by atoms with Crippen LogP contribution in [0.25, 0.3) is 0 Å². The number of amides is 1. The normalized spacial score (nSPS) is 15.7. The van der Waals surface area contributed by atoms with Crippen LogP contribution in [-0.2, 0) is 0 Å². The number of halogens is 1. The second-order valence-corrected chi connectivity index (χ2v) is 6.72. The zero-order chi connectivity index (χ0) is 16.9. The van der Waals surface area contributed by atoms with E-state index in [1.807, 2.05) is 0 Å². The Morgan fingerprint density at radius 2 is 1.96 bits per heavy atom.